The quantitative estimate of drug-likeness (QED) is 0.618. The highest BCUT2D eigenvalue weighted by Crippen LogP contribution is 2.43. The van der Waals surface area contributed by atoms with E-state index in [1.807, 2.05) is 23.1 Å². The van der Waals surface area contributed by atoms with Gasteiger partial charge < -0.3 is 15.0 Å². The van der Waals surface area contributed by atoms with Crippen molar-refractivity contribution >= 4 is 67.5 Å². The Morgan fingerprint density at radius 1 is 1.12 bits per heavy atom. The predicted octanol–water partition coefficient (Wildman–Crippen LogP) is 3.11. The van der Waals surface area contributed by atoms with Gasteiger partial charge in [-0.25, -0.2) is 0 Å². The third-order valence-corrected chi connectivity index (χ3v) is 7.03. The second-order valence-corrected chi connectivity index (χ2v) is 9.47. The molecule has 0 atom stereocenters. The number of amides is 3. The molecular formula is C23H19BrN4O4S. The van der Waals surface area contributed by atoms with Gasteiger partial charge in [-0.3, -0.25) is 19.3 Å². The van der Waals surface area contributed by atoms with Crippen LogP contribution in [0, 0.1) is 0 Å². The molecule has 3 aliphatic heterocycles. The van der Waals surface area contributed by atoms with Crippen molar-refractivity contribution in [3.63, 3.8) is 0 Å². The van der Waals surface area contributed by atoms with Crippen molar-refractivity contribution in [1.82, 2.24) is 4.90 Å². The highest BCUT2D eigenvalue weighted by Gasteiger charge is 2.40. The van der Waals surface area contributed by atoms with Gasteiger partial charge in [-0.1, -0.05) is 40.2 Å². The Hall–Kier alpha value is -2.95. The summed E-state index contributed by atoms with van der Waals surface area (Å²) in [7, 11) is 0. The number of morpholine rings is 1. The maximum Gasteiger partial charge on any atom is 0.287 e. The Balaban J connectivity index is 1.41. The SMILES string of the molecule is O=C(CN1C(=O)C(=C2SC(N3CCOCC3)=NC2=O)c2ccccc21)Nc1cccc(Br)c1. The molecule has 1 saturated heterocycles. The van der Waals surface area contributed by atoms with Gasteiger partial charge in [-0.05, 0) is 36.0 Å². The van der Waals surface area contributed by atoms with Gasteiger partial charge in [-0.15, -0.1) is 0 Å². The van der Waals surface area contributed by atoms with Crippen LogP contribution in [0.1, 0.15) is 5.56 Å². The number of nitrogens with zero attached hydrogens (tertiary/aromatic N) is 3. The molecule has 8 nitrogen and oxygen atoms in total. The number of hydrogen-bond donors (Lipinski definition) is 1. The molecule has 5 rings (SSSR count). The van der Waals surface area contributed by atoms with Crippen LogP contribution in [0.25, 0.3) is 5.57 Å². The number of amidine groups is 1. The third-order valence-electron chi connectivity index (χ3n) is 5.43. The van der Waals surface area contributed by atoms with Crippen LogP contribution in [0.3, 0.4) is 0 Å². The Kier molecular flexibility index (Phi) is 6.05. The average Bonchev–Trinajstić information content (AvgIpc) is 3.31. The minimum atomic E-state index is -0.430. The highest BCUT2D eigenvalue weighted by molar-refractivity contribution is 9.10. The van der Waals surface area contributed by atoms with Crippen molar-refractivity contribution in [2.24, 2.45) is 4.99 Å². The Morgan fingerprint density at radius 3 is 2.70 bits per heavy atom. The summed E-state index contributed by atoms with van der Waals surface area (Å²) in [4.78, 5) is 46.9. The van der Waals surface area contributed by atoms with E-state index in [2.05, 4.69) is 26.2 Å². The summed E-state index contributed by atoms with van der Waals surface area (Å²) in [5.41, 5.74) is 2.15. The maximum absolute atomic E-state index is 13.5. The van der Waals surface area contributed by atoms with Crippen molar-refractivity contribution < 1.29 is 19.1 Å². The van der Waals surface area contributed by atoms with E-state index < -0.39 is 5.91 Å². The van der Waals surface area contributed by atoms with Gasteiger partial charge in [0.05, 0.1) is 29.4 Å². The number of halogens is 1. The fraction of sp³-hybridized carbons (Fsp3) is 0.217. The summed E-state index contributed by atoms with van der Waals surface area (Å²) in [5, 5.41) is 3.40. The van der Waals surface area contributed by atoms with Gasteiger partial charge >= 0.3 is 0 Å². The van der Waals surface area contributed by atoms with Gasteiger partial charge in [-0.2, -0.15) is 4.99 Å². The van der Waals surface area contributed by atoms with E-state index in [1.165, 1.54) is 16.7 Å². The summed E-state index contributed by atoms with van der Waals surface area (Å²) in [6.07, 6.45) is 0. The molecule has 10 heteroatoms. The van der Waals surface area contributed by atoms with Crippen LogP contribution < -0.4 is 10.2 Å². The van der Waals surface area contributed by atoms with Crippen LogP contribution >= 0.6 is 27.7 Å². The normalized spacial score (nSPS) is 20.2. The predicted molar refractivity (Wildman–Crippen MR) is 131 cm³/mol. The molecule has 0 unspecified atom stereocenters. The molecule has 0 bridgehead atoms. The number of hydrogen-bond acceptors (Lipinski definition) is 6. The van der Waals surface area contributed by atoms with E-state index in [1.54, 1.807) is 30.3 Å². The Morgan fingerprint density at radius 2 is 1.91 bits per heavy atom. The average molecular weight is 527 g/mol. The number of carbonyl (C=O) groups excluding carboxylic acids is 3. The zero-order valence-corrected chi connectivity index (χ0v) is 19.8. The second kappa shape index (κ2) is 9.12. The van der Waals surface area contributed by atoms with Crippen LogP contribution in [0.15, 0.2) is 62.9 Å². The molecular weight excluding hydrogens is 508 g/mol. The molecule has 0 spiro atoms. The number of carbonyl (C=O) groups is 3. The number of fused-ring (bicyclic) bond motifs is 1. The van der Waals surface area contributed by atoms with E-state index in [9.17, 15) is 14.4 Å². The number of nitrogens with one attached hydrogen (secondary N) is 1. The van der Waals surface area contributed by atoms with E-state index >= 15 is 0 Å². The van der Waals surface area contributed by atoms with Gasteiger partial charge in [0.1, 0.15) is 6.54 Å². The smallest absolute Gasteiger partial charge is 0.287 e. The first-order valence-corrected chi connectivity index (χ1v) is 12.0. The van der Waals surface area contributed by atoms with Crippen molar-refractivity contribution in [3.8, 4) is 0 Å². The molecule has 33 heavy (non-hydrogen) atoms. The number of thioether (sulfide) groups is 1. The second-order valence-electron chi connectivity index (χ2n) is 7.57. The number of benzene rings is 2. The summed E-state index contributed by atoms with van der Waals surface area (Å²) >= 11 is 4.59. The molecule has 2 aromatic rings. The van der Waals surface area contributed by atoms with Crippen LogP contribution in [0.5, 0.6) is 0 Å². The molecule has 3 aliphatic rings. The van der Waals surface area contributed by atoms with Gasteiger partial charge in [0.15, 0.2) is 5.17 Å². The van der Waals surface area contributed by atoms with Crippen molar-refractivity contribution in [2.45, 2.75) is 0 Å². The Labute approximate surface area is 202 Å². The first-order valence-electron chi connectivity index (χ1n) is 10.4. The first-order chi connectivity index (χ1) is 16.0. The number of ether oxygens (including phenoxy) is 1. The third kappa shape index (κ3) is 4.33. The monoisotopic (exact) mass is 526 g/mol. The minimum absolute atomic E-state index is 0.171. The molecule has 1 fully saturated rings. The fourth-order valence-electron chi connectivity index (χ4n) is 3.91. The van der Waals surface area contributed by atoms with Crippen molar-refractivity contribution in [3.05, 3.63) is 63.5 Å². The lowest BCUT2D eigenvalue weighted by Crippen LogP contribution is -2.38. The van der Waals surface area contributed by atoms with Crippen LogP contribution in [-0.4, -0.2) is 60.6 Å². The van der Waals surface area contributed by atoms with E-state index in [0.29, 0.717) is 58.9 Å². The molecule has 168 valence electrons. The van der Waals surface area contributed by atoms with Crippen molar-refractivity contribution in [2.75, 3.05) is 43.1 Å². The minimum Gasteiger partial charge on any atom is -0.378 e. The molecule has 0 saturated carbocycles. The van der Waals surface area contributed by atoms with Gasteiger partial charge in [0, 0.05) is 28.8 Å². The van der Waals surface area contributed by atoms with Crippen LogP contribution in [0.4, 0.5) is 11.4 Å². The summed E-state index contributed by atoms with van der Waals surface area (Å²) < 4.78 is 6.21. The molecule has 2 aromatic carbocycles. The van der Waals surface area contributed by atoms with E-state index in [4.69, 9.17) is 4.74 Å². The fourth-order valence-corrected chi connectivity index (χ4v) is 5.36. The van der Waals surface area contributed by atoms with Crippen molar-refractivity contribution in [1.29, 1.82) is 0 Å². The zero-order valence-electron chi connectivity index (χ0n) is 17.4. The molecule has 0 aromatic heterocycles. The van der Waals surface area contributed by atoms with Crippen LogP contribution in [-0.2, 0) is 19.1 Å². The largest absolute Gasteiger partial charge is 0.378 e. The van der Waals surface area contributed by atoms with Crippen LogP contribution in [0.2, 0.25) is 0 Å². The van der Waals surface area contributed by atoms with Gasteiger partial charge in [0.2, 0.25) is 5.91 Å². The van der Waals surface area contributed by atoms with E-state index in [-0.39, 0.29) is 18.4 Å². The molecule has 3 amide bonds. The number of para-hydroxylation sites is 1. The zero-order chi connectivity index (χ0) is 22.9. The number of aliphatic imine (C=N–C) groups is 1. The molecule has 3 heterocycles. The lowest BCUT2D eigenvalue weighted by Gasteiger charge is -2.27. The maximum atomic E-state index is 13.5. The summed E-state index contributed by atoms with van der Waals surface area (Å²) in [6, 6.07) is 14.4. The summed E-state index contributed by atoms with van der Waals surface area (Å²) in [5.74, 6) is -1.15. The molecule has 0 radical (unpaired) electrons. The topological polar surface area (TPSA) is 91.3 Å². The summed E-state index contributed by atoms with van der Waals surface area (Å²) in [6.45, 7) is 2.27. The number of anilines is 2. The first kappa shape index (κ1) is 21.9. The lowest BCUT2D eigenvalue weighted by atomic mass is 10.1. The van der Waals surface area contributed by atoms with Gasteiger partial charge in [0.25, 0.3) is 11.8 Å². The lowest BCUT2D eigenvalue weighted by molar-refractivity contribution is -0.118. The Bertz CT molecular complexity index is 1220. The number of rotatable bonds is 3. The molecule has 0 aliphatic carbocycles. The standard InChI is InChI=1S/C23H19BrN4O4S/c24-14-4-3-5-15(12-14)25-18(29)13-28-17-7-2-1-6-16(17)19(22(28)31)20-21(30)26-23(33-20)27-8-10-32-11-9-27/h1-7,12H,8-11,13H2,(H,25,29). The highest BCUT2D eigenvalue weighted by atomic mass is 79.9. The molecule has 1 N–H and O–H groups in total. The van der Waals surface area contributed by atoms with E-state index in [0.717, 1.165) is 4.47 Å².